The fourth-order valence-corrected chi connectivity index (χ4v) is 3.63. The fraction of sp³-hybridized carbons (Fsp3) is 0.474. The van der Waals surface area contributed by atoms with Crippen molar-refractivity contribution in [2.24, 2.45) is 0 Å². The Bertz CT molecular complexity index is 734. The number of benzene rings is 1. The molecule has 5 nitrogen and oxygen atoms in total. The van der Waals surface area contributed by atoms with Crippen molar-refractivity contribution in [3.8, 4) is 0 Å². The van der Waals surface area contributed by atoms with E-state index < -0.39 is 5.72 Å². The molecule has 6 heteroatoms. The van der Waals surface area contributed by atoms with Crippen molar-refractivity contribution in [2.75, 3.05) is 6.61 Å². The molecule has 0 bridgehead atoms. The van der Waals surface area contributed by atoms with E-state index in [0.29, 0.717) is 6.61 Å². The second-order valence-electron chi connectivity index (χ2n) is 7.34. The van der Waals surface area contributed by atoms with E-state index in [4.69, 9.17) is 16.3 Å². The van der Waals surface area contributed by atoms with E-state index in [1.807, 2.05) is 49.9 Å². The summed E-state index contributed by atoms with van der Waals surface area (Å²) in [5, 5.41) is 0.744. The van der Waals surface area contributed by atoms with E-state index in [-0.39, 0.29) is 13.0 Å². The number of amides is 1. The molecule has 1 atom stereocenters. The summed E-state index contributed by atoms with van der Waals surface area (Å²) in [6, 6.07) is 7.79. The van der Waals surface area contributed by atoms with Crippen LogP contribution in [0.25, 0.3) is 0 Å². The molecule has 2 heterocycles. The van der Waals surface area contributed by atoms with Gasteiger partial charge < -0.3 is 4.74 Å². The van der Waals surface area contributed by atoms with Crippen molar-refractivity contribution in [3.05, 3.63) is 53.6 Å². The molecule has 1 aromatic heterocycles. The molecule has 0 aliphatic carbocycles. The summed E-state index contributed by atoms with van der Waals surface area (Å²) in [7, 11) is 0. The smallest absolute Gasteiger partial charge is 0.353 e. The topological polar surface area (TPSA) is 47.4 Å². The lowest BCUT2D eigenvalue weighted by Crippen LogP contribution is -2.55. The number of halogens is 1. The highest BCUT2D eigenvalue weighted by Gasteiger charge is 2.51. The van der Waals surface area contributed by atoms with Gasteiger partial charge in [0.1, 0.15) is 12.1 Å². The lowest BCUT2D eigenvalue weighted by molar-refractivity contribution is -0.0587. The van der Waals surface area contributed by atoms with Crippen LogP contribution in [0.15, 0.2) is 43.0 Å². The summed E-state index contributed by atoms with van der Waals surface area (Å²) >= 11 is 5.93. The van der Waals surface area contributed by atoms with E-state index in [9.17, 15) is 4.79 Å². The maximum atomic E-state index is 13.0. The quantitative estimate of drug-likeness (QED) is 0.806. The van der Waals surface area contributed by atoms with Crippen LogP contribution in [0.5, 0.6) is 0 Å². The number of rotatable bonds is 4. The Balaban J connectivity index is 0.00000243. The lowest BCUT2D eigenvalue weighted by Gasteiger charge is -2.39. The van der Waals surface area contributed by atoms with Crippen molar-refractivity contribution in [3.63, 3.8) is 0 Å². The zero-order chi connectivity index (χ0) is 18.1. The molecular weight excluding hydrogens is 338 g/mol. The zero-order valence-electron chi connectivity index (χ0n) is 15.9. The van der Waals surface area contributed by atoms with Crippen molar-refractivity contribution in [2.45, 2.75) is 51.3 Å². The highest BCUT2D eigenvalue weighted by atomic mass is 35.5. The van der Waals surface area contributed by atoms with Crippen molar-refractivity contribution in [1.82, 2.24) is 14.5 Å². The number of imidazole rings is 1. The van der Waals surface area contributed by atoms with Gasteiger partial charge in [0.15, 0.2) is 0 Å². The molecule has 0 radical (unpaired) electrons. The Hall–Kier alpha value is -1.85. The molecule has 25 heavy (non-hydrogen) atoms. The molecule has 1 saturated heterocycles. The van der Waals surface area contributed by atoms with Crippen LogP contribution in [-0.4, -0.2) is 38.4 Å². The van der Waals surface area contributed by atoms with Crippen LogP contribution in [0, 0.1) is 0 Å². The van der Waals surface area contributed by atoms with Crippen molar-refractivity contribution in [1.29, 1.82) is 0 Å². The first-order valence-electron chi connectivity index (χ1n) is 8.53. The Kier molecular flexibility index (Phi) is 4.89. The maximum Gasteiger partial charge on any atom is 1.00 e. The summed E-state index contributed by atoms with van der Waals surface area (Å²) in [4.78, 5) is 18.8. The molecule has 1 aromatic carbocycles. The summed E-state index contributed by atoms with van der Waals surface area (Å²) < 4.78 is 7.60. The number of ether oxygens (including phenoxy) is 1. The van der Waals surface area contributed by atoms with E-state index in [2.05, 4.69) is 4.98 Å². The van der Waals surface area contributed by atoms with Gasteiger partial charge in [-0.1, -0.05) is 23.7 Å². The molecule has 0 saturated carbocycles. The van der Waals surface area contributed by atoms with Gasteiger partial charge in [-0.3, -0.25) is 9.47 Å². The van der Waals surface area contributed by atoms with Crippen molar-refractivity contribution < 1.29 is 11.0 Å². The summed E-state index contributed by atoms with van der Waals surface area (Å²) in [5.41, 5.74) is 0.242. The molecule has 0 N–H and O–H groups in total. The van der Waals surface area contributed by atoms with Gasteiger partial charge in [-0.15, -0.1) is 0 Å². The van der Waals surface area contributed by atoms with E-state index in [0.717, 1.165) is 24.3 Å². The van der Waals surface area contributed by atoms with E-state index in [1.54, 1.807) is 12.4 Å². The minimum Gasteiger partial charge on any atom is -0.353 e. The molecule has 1 aliphatic heterocycles. The van der Waals surface area contributed by atoms with Crippen LogP contribution in [0.1, 0.15) is 40.6 Å². The van der Waals surface area contributed by atoms with Gasteiger partial charge in [0.25, 0.3) is 0 Å². The number of hydrogen-bond acceptors (Lipinski definition) is 3. The molecule has 1 aliphatic rings. The fourth-order valence-electron chi connectivity index (χ4n) is 3.51. The lowest BCUT2D eigenvalue weighted by atomic mass is 9.99. The van der Waals surface area contributed by atoms with Crippen LogP contribution >= 0.6 is 11.6 Å². The normalized spacial score (nSPS) is 22.3. The van der Waals surface area contributed by atoms with E-state index >= 15 is 0 Å². The van der Waals surface area contributed by atoms with Crippen LogP contribution < -0.4 is 0 Å². The Morgan fingerprint density at radius 3 is 2.68 bits per heavy atom. The van der Waals surface area contributed by atoms with Crippen LogP contribution in [0.4, 0.5) is 4.79 Å². The minimum atomic E-state index is -0.628. The van der Waals surface area contributed by atoms with Crippen LogP contribution in [0.3, 0.4) is 0 Å². The first kappa shape index (κ1) is 18.0. The van der Waals surface area contributed by atoms with E-state index in [1.165, 1.54) is 16.5 Å². The second kappa shape index (κ2) is 6.81. The Morgan fingerprint density at radius 1 is 1.32 bits per heavy atom. The predicted octanol–water partition coefficient (Wildman–Crippen LogP) is 4.47. The maximum absolute atomic E-state index is 13.0. The number of aryl methyl sites for hydroxylation is 1. The number of aromatic nitrogens is 2. The standard InChI is InChI=1S/C19H24ClN3O2/c1-18(2)13-25-19(3,23(18)17(24)22-12-11-21-14-22)10-4-5-15-6-8-16(20)9-7-15/h6-9,11-12,14H,4-5,10,13H2,1-3H3/p+1/t19-/m1/s1. The van der Waals surface area contributed by atoms with Gasteiger partial charge in [0.2, 0.25) is 0 Å². The third kappa shape index (κ3) is 3.72. The third-order valence-corrected chi connectivity index (χ3v) is 5.00. The highest BCUT2D eigenvalue weighted by molar-refractivity contribution is 6.30. The molecule has 1 fully saturated rings. The van der Waals surface area contributed by atoms with Gasteiger partial charge in [-0.05, 0) is 57.7 Å². The zero-order valence-corrected chi connectivity index (χ0v) is 15.7. The average Bonchev–Trinajstić information content (AvgIpc) is 3.16. The molecule has 2 aromatic rings. The van der Waals surface area contributed by atoms with Crippen LogP contribution in [-0.2, 0) is 11.2 Å². The monoisotopic (exact) mass is 362 g/mol. The molecule has 134 valence electrons. The number of nitrogens with zero attached hydrogens (tertiary/aromatic N) is 3. The Labute approximate surface area is 155 Å². The predicted molar refractivity (Wildman–Crippen MR) is 98.8 cm³/mol. The van der Waals surface area contributed by atoms with Gasteiger partial charge in [0.05, 0.1) is 12.1 Å². The molecule has 0 spiro atoms. The summed E-state index contributed by atoms with van der Waals surface area (Å²) in [6.45, 7) is 6.59. The molecular formula is C19H25ClN3O2+. The van der Waals surface area contributed by atoms with Gasteiger partial charge >= 0.3 is 7.46 Å². The van der Waals surface area contributed by atoms with Crippen LogP contribution in [0.2, 0.25) is 5.02 Å². The summed E-state index contributed by atoms with van der Waals surface area (Å²) in [6.07, 6.45) is 7.42. The molecule has 1 amide bonds. The molecule has 0 unspecified atom stereocenters. The number of carbonyl (C=O) groups is 1. The highest BCUT2D eigenvalue weighted by Crippen LogP contribution is 2.38. The third-order valence-electron chi connectivity index (χ3n) is 4.75. The SMILES string of the molecule is CC1(C)CO[C@](C)(CCCc2ccc(Cl)cc2)N1C(=O)n1ccnc1.[H+]. The first-order valence-corrected chi connectivity index (χ1v) is 8.91. The van der Waals surface area contributed by atoms with Gasteiger partial charge in [0, 0.05) is 17.4 Å². The first-order chi connectivity index (χ1) is 11.8. The van der Waals surface area contributed by atoms with Gasteiger partial charge in [-0.25, -0.2) is 9.78 Å². The second-order valence-corrected chi connectivity index (χ2v) is 7.78. The number of carbonyl (C=O) groups excluding carboxylic acids is 1. The number of hydrogen-bond donors (Lipinski definition) is 0. The largest absolute Gasteiger partial charge is 1.00 e. The Morgan fingerprint density at radius 2 is 2.04 bits per heavy atom. The van der Waals surface area contributed by atoms with Gasteiger partial charge in [-0.2, -0.15) is 0 Å². The summed E-state index contributed by atoms with van der Waals surface area (Å²) in [5.74, 6) is 0. The molecule has 3 rings (SSSR count). The van der Waals surface area contributed by atoms with Crippen molar-refractivity contribution >= 4 is 17.6 Å². The minimum absolute atomic E-state index is 0. The average molecular weight is 363 g/mol.